The molecule has 0 aliphatic heterocycles. The molecule has 0 unspecified atom stereocenters. The number of amides is 2. The number of carbonyl (C=O) groups is 1. The van der Waals surface area contributed by atoms with Crippen LogP contribution in [0.25, 0.3) is 22.0 Å². The van der Waals surface area contributed by atoms with Crippen molar-refractivity contribution in [2.75, 3.05) is 18.4 Å². The van der Waals surface area contributed by atoms with E-state index < -0.39 is 0 Å². The van der Waals surface area contributed by atoms with Crippen molar-refractivity contribution in [2.24, 2.45) is 0 Å². The number of H-pyrrole nitrogens is 1. The number of urea groups is 1. The van der Waals surface area contributed by atoms with Gasteiger partial charge in [0.25, 0.3) is 0 Å². The molecule has 148 valence electrons. The third-order valence-corrected chi connectivity index (χ3v) is 4.77. The lowest BCUT2D eigenvalue weighted by atomic mass is 10.1. The van der Waals surface area contributed by atoms with Gasteiger partial charge in [0.2, 0.25) is 0 Å². The molecule has 5 nitrogen and oxygen atoms in total. The summed E-state index contributed by atoms with van der Waals surface area (Å²) in [5.41, 5.74) is 2.60. The molecule has 0 saturated carbocycles. The normalized spacial score (nSPS) is 11.0. The number of hydrogen-bond acceptors (Lipinski definition) is 2. The first-order valence-electron chi connectivity index (χ1n) is 9.91. The topological polar surface area (TPSA) is 61.0 Å². The Morgan fingerprint density at radius 1 is 1.14 bits per heavy atom. The molecule has 2 amide bonds. The number of aromatic nitrogens is 2. The van der Waals surface area contributed by atoms with Crippen LogP contribution in [-0.4, -0.2) is 34.0 Å². The maximum absolute atomic E-state index is 13.4. The highest BCUT2D eigenvalue weighted by Crippen LogP contribution is 2.29. The number of fused-ring (bicyclic) bond motifs is 1. The van der Waals surface area contributed by atoms with E-state index in [0.717, 1.165) is 60.8 Å². The number of nitrogens with one attached hydrogen (secondary N) is 2. The fraction of sp³-hybridized carbons (Fsp3) is 0.364. The maximum Gasteiger partial charge on any atom is 0.323 e. The van der Waals surface area contributed by atoms with Crippen molar-refractivity contribution in [1.29, 1.82) is 0 Å². The Balaban J connectivity index is 1.70. The zero-order valence-corrected chi connectivity index (χ0v) is 16.5. The smallest absolute Gasteiger partial charge is 0.323 e. The molecule has 0 atom stereocenters. The average Bonchev–Trinajstić information content (AvgIpc) is 3.11. The van der Waals surface area contributed by atoms with Gasteiger partial charge in [0.05, 0.1) is 0 Å². The fourth-order valence-electron chi connectivity index (χ4n) is 3.29. The minimum Gasteiger partial charge on any atom is -0.360 e. The largest absolute Gasteiger partial charge is 0.360 e. The van der Waals surface area contributed by atoms with Crippen molar-refractivity contribution in [1.82, 2.24) is 14.9 Å². The number of aromatic amines is 1. The molecule has 0 radical (unpaired) electrons. The van der Waals surface area contributed by atoms with Gasteiger partial charge in [-0.05, 0) is 43.2 Å². The van der Waals surface area contributed by atoms with Gasteiger partial charge < -0.3 is 9.88 Å². The minimum atomic E-state index is -0.271. The van der Waals surface area contributed by atoms with Crippen molar-refractivity contribution < 1.29 is 9.18 Å². The number of pyridine rings is 1. The third-order valence-electron chi connectivity index (χ3n) is 4.77. The van der Waals surface area contributed by atoms with Crippen molar-refractivity contribution in [2.45, 2.75) is 39.5 Å². The van der Waals surface area contributed by atoms with E-state index in [-0.39, 0.29) is 11.8 Å². The zero-order valence-electron chi connectivity index (χ0n) is 16.5. The summed E-state index contributed by atoms with van der Waals surface area (Å²) in [5.74, 6) is 0.254. The first-order chi connectivity index (χ1) is 13.6. The molecule has 3 aromatic rings. The molecule has 1 aromatic carbocycles. The molecule has 6 heteroatoms. The Labute approximate surface area is 165 Å². The lowest BCUT2D eigenvalue weighted by molar-refractivity contribution is 0.210. The highest BCUT2D eigenvalue weighted by Gasteiger charge is 2.13. The molecule has 0 bridgehead atoms. The molecule has 0 aliphatic carbocycles. The maximum atomic E-state index is 13.4. The highest BCUT2D eigenvalue weighted by molar-refractivity contribution is 5.95. The van der Waals surface area contributed by atoms with Gasteiger partial charge in [-0.1, -0.05) is 26.7 Å². The van der Waals surface area contributed by atoms with Gasteiger partial charge in [0.1, 0.15) is 11.6 Å². The van der Waals surface area contributed by atoms with Crippen LogP contribution < -0.4 is 5.32 Å². The van der Waals surface area contributed by atoms with E-state index >= 15 is 0 Å². The molecule has 2 N–H and O–H groups in total. The number of halogens is 1. The Bertz CT molecular complexity index is 920. The van der Waals surface area contributed by atoms with E-state index in [9.17, 15) is 9.18 Å². The second-order valence-corrected chi connectivity index (χ2v) is 6.95. The predicted octanol–water partition coefficient (Wildman–Crippen LogP) is 5.80. The molecule has 0 spiro atoms. The van der Waals surface area contributed by atoms with Crippen LogP contribution in [0.15, 0.2) is 42.7 Å². The Hall–Kier alpha value is -2.89. The number of benzene rings is 1. The molecule has 2 aromatic heterocycles. The summed E-state index contributed by atoms with van der Waals surface area (Å²) in [6.07, 6.45) is 7.75. The van der Waals surface area contributed by atoms with Crippen LogP contribution in [0.4, 0.5) is 15.0 Å². The summed E-state index contributed by atoms with van der Waals surface area (Å²) in [6, 6.07) is 8.28. The summed E-state index contributed by atoms with van der Waals surface area (Å²) in [4.78, 5) is 21.9. The summed E-state index contributed by atoms with van der Waals surface area (Å²) in [7, 11) is 0. The van der Waals surface area contributed by atoms with Gasteiger partial charge in [-0.3, -0.25) is 5.32 Å². The third kappa shape index (κ3) is 4.68. The molecular weight excluding hydrogens is 355 g/mol. The van der Waals surface area contributed by atoms with Gasteiger partial charge in [0.15, 0.2) is 0 Å². The Morgan fingerprint density at radius 2 is 2.00 bits per heavy atom. The van der Waals surface area contributed by atoms with Crippen LogP contribution in [0.2, 0.25) is 0 Å². The number of carbonyl (C=O) groups excluding carboxylic acids is 1. The zero-order chi connectivity index (χ0) is 19.9. The lowest BCUT2D eigenvalue weighted by Gasteiger charge is -2.22. The molecule has 0 saturated heterocycles. The van der Waals surface area contributed by atoms with Crippen molar-refractivity contribution in [3.63, 3.8) is 0 Å². The van der Waals surface area contributed by atoms with Crippen LogP contribution in [0.1, 0.15) is 39.5 Å². The quantitative estimate of drug-likeness (QED) is 0.483. The molecule has 0 fully saturated rings. The minimum absolute atomic E-state index is 0.110. The Kier molecular flexibility index (Phi) is 6.63. The molecule has 0 aliphatic rings. The van der Waals surface area contributed by atoms with Gasteiger partial charge in [-0.2, -0.15) is 0 Å². The van der Waals surface area contributed by atoms with Crippen molar-refractivity contribution in [3.05, 3.63) is 48.5 Å². The van der Waals surface area contributed by atoms with E-state index in [1.54, 1.807) is 18.3 Å². The number of nitrogens with zero attached hydrogens (tertiary/aromatic N) is 2. The Morgan fingerprint density at radius 3 is 2.71 bits per heavy atom. The predicted molar refractivity (Wildman–Crippen MR) is 112 cm³/mol. The number of anilines is 1. The van der Waals surface area contributed by atoms with E-state index in [2.05, 4.69) is 29.1 Å². The second-order valence-electron chi connectivity index (χ2n) is 6.95. The SMILES string of the molecule is CCCCCN(CCC)C(=O)Nc1ccc(-c2c[nH]c3cc(F)ccc23)cn1. The van der Waals surface area contributed by atoms with E-state index in [1.807, 2.05) is 17.2 Å². The highest BCUT2D eigenvalue weighted by atomic mass is 19.1. The number of rotatable bonds is 8. The number of hydrogen-bond donors (Lipinski definition) is 2. The molecule has 28 heavy (non-hydrogen) atoms. The molecule has 2 heterocycles. The summed E-state index contributed by atoms with van der Waals surface area (Å²) < 4.78 is 13.4. The second kappa shape index (κ2) is 9.35. The van der Waals surface area contributed by atoms with Crippen LogP contribution in [0.5, 0.6) is 0 Å². The standard InChI is InChI=1S/C22H27FN4O/c1-3-5-6-12-27(11-4-2)22(28)26-21-10-7-16(14-25-21)19-15-24-20-13-17(23)8-9-18(19)20/h7-10,13-15,24H,3-6,11-12H2,1-2H3,(H,25,26,28). The first-order valence-corrected chi connectivity index (χ1v) is 9.91. The lowest BCUT2D eigenvalue weighted by Crippen LogP contribution is -2.36. The van der Waals surface area contributed by atoms with Crippen molar-refractivity contribution in [3.8, 4) is 11.1 Å². The first kappa shape index (κ1) is 19.9. The van der Waals surface area contributed by atoms with Crippen molar-refractivity contribution >= 4 is 22.8 Å². The van der Waals surface area contributed by atoms with Crippen LogP contribution in [0.3, 0.4) is 0 Å². The van der Waals surface area contributed by atoms with Gasteiger partial charge in [-0.15, -0.1) is 0 Å². The van der Waals surface area contributed by atoms with Crippen LogP contribution in [-0.2, 0) is 0 Å². The van der Waals surface area contributed by atoms with Gasteiger partial charge in [0, 0.05) is 47.5 Å². The fourth-order valence-corrected chi connectivity index (χ4v) is 3.29. The van der Waals surface area contributed by atoms with Gasteiger partial charge >= 0.3 is 6.03 Å². The monoisotopic (exact) mass is 382 g/mol. The summed E-state index contributed by atoms with van der Waals surface area (Å²) >= 11 is 0. The number of unbranched alkanes of at least 4 members (excludes halogenated alkanes) is 2. The molecular formula is C22H27FN4O. The summed E-state index contributed by atoms with van der Waals surface area (Å²) in [6.45, 7) is 5.72. The molecule has 3 rings (SSSR count). The van der Waals surface area contributed by atoms with E-state index in [0.29, 0.717) is 5.82 Å². The summed E-state index contributed by atoms with van der Waals surface area (Å²) in [5, 5.41) is 3.82. The average molecular weight is 382 g/mol. The van der Waals surface area contributed by atoms with Crippen LogP contribution >= 0.6 is 0 Å². The van der Waals surface area contributed by atoms with E-state index in [1.165, 1.54) is 12.1 Å². The van der Waals surface area contributed by atoms with Crippen LogP contribution in [0, 0.1) is 5.82 Å². The van der Waals surface area contributed by atoms with Gasteiger partial charge in [-0.25, -0.2) is 14.2 Å². The van der Waals surface area contributed by atoms with E-state index in [4.69, 9.17) is 0 Å².